The van der Waals surface area contributed by atoms with Crippen molar-refractivity contribution >= 4 is 29.4 Å². The molecule has 1 amide bonds. The number of unbranched alkanes of at least 4 members (excludes halogenated alkanes) is 4. The second-order valence-electron chi connectivity index (χ2n) is 6.31. The molecule has 0 spiro atoms. The lowest BCUT2D eigenvalue weighted by atomic mass is 10.1. The normalized spacial score (nSPS) is 13.5. The Morgan fingerprint density at radius 3 is 2.61 bits per heavy atom. The number of carbonyl (C=O) groups is 1. The number of benzene rings is 1. The van der Waals surface area contributed by atoms with Gasteiger partial charge in [-0.25, -0.2) is 13.0 Å². The molecule has 0 aliphatic heterocycles. The zero-order valence-corrected chi connectivity index (χ0v) is 17.9. The summed E-state index contributed by atoms with van der Waals surface area (Å²) in [4.78, 5) is 21.4. The molecule has 1 aromatic carbocycles. The molecule has 160 valence electrons. The average molecular weight is 436 g/mol. The third-order valence-corrected chi connectivity index (χ3v) is 5.10. The molecule has 3 N–H and O–H groups in total. The number of rotatable bonds is 14. The van der Waals surface area contributed by atoms with Gasteiger partial charge >= 0.3 is 7.82 Å². The smallest absolute Gasteiger partial charge is 0.404 e. The molecule has 28 heavy (non-hydrogen) atoms. The topological polar surface area (TPSA) is 131 Å². The van der Waals surface area contributed by atoms with Crippen LogP contribution < -0.4 is 14.6 Å². The van der Waals surface area contributed by atoms with Crippen LogP contribution >= 0.6 is 7.82 Å². The van der Waals surface area contributed by atoms with Crippen molar-refractivity contribution in [2.45, 2.75) is 45.4 Å². The van der Waals surface area contributed by atoms with Crippen molar-refractivity contribution in [2.75, 3.05) is 24.1 Å². The SMILES string of the molecule is CCCCCCCC(=O)NCCOP(=O)(O)Oc1cccc(NS(C)(=O)=O)c1. The Morgan fingerprint density at radius 1 is 1.21 bits per heavy atom. The largest absolute Gasteiger partial charge is 0.527 e. The molecular weight excluding hydrogens is 407 g/mol. The van der Waals surface area contributed by atoms with Gasteiger partial charge in [-0.2, -0.15) is 0 Å². The third kappa shape index (κ3) is 12.0. The molecule has 0 saturated carbocycles. The highest BCUT2D eigenvalue weighted by atomic mass is 32.2. The average Bonchev–Trinajstić information content (AvgIpc) is 2.57. The molecule has 9 nitrogen and oxygen atoms in total. The number of carbonyl (C=O) groups excluding carboxylic acids is 1. The third-order valence-electron chi connectivity index (χ3n) is 3.54. The zero-order chi connectivity index (χ0) is 21.0. The van der Waals surface area contributed by atoms with Crippen LogP contribution in [0.5, 0.6) is 5.75 Å². The standard InChI is InChI=1S/C17H29N2O7PS/c1-3-4-5-6-7-11-17(20)18-12-13-25-27(21,22)26-16-10-8-9-15(14-16)19-28(2,23)24/h8-10,14,19H,3-7,11-13H2,1-2H3,(H,18,20)(H,21,22). The molecule has 1 rings (SSSR count). The highest BCUT2D eigenvalue weighted by Gasteiger charge is 2.23. The Labute approximate surface area is 166 Å². The summed E-state index contributed by atoms with van der Waals surface area (Å²) in [5.41, 5.74) is 0.186. The maximum Gasteiger partial charge on any atom is 0.527 e. The Morgan fingerprint density at radius 2 is 1.93 bits per heavy atom. The fourth-order valence-corrected chi connectivity index (χ4v) is 3.63. The van der Waals surface area contributed by atoms with Gasteiger partial charge in [-0.15, -0.1) is 0 Å². The van der Waals surface area contributed by atoms with Crippen LogP contribution in [0, 0.1) is 0 Å². The van der Waals surface area contributed by atoms with Crippen LogP contribution in [0.4, 0.5) is 5.69 Å². The van der Waals surface area contributed by atoms with Crippen LogP contribution in [-0.2, 0) is 23.9 Å². The van der Waals surface area contributed by atoms with Gasteiger partial charge in [0.05, 0.1) is 18.6 Å². The maximum absolute atomic E-state index is 12.0. The summed E-state index contributed by atoms with van der Waals surface area (Å²) in [7, 11) is -7.89. The number of hydrogen-bond acceptors (Lipinski definition) is 6. The highest BCUT2D eigenvalue weighted by molar-refractivity contribution is 7.92. The minimum Gasteiger partial charge on any atom is -0.404 e. The predicted molar refractivity (Wildman–Crippen MR) is 108 cm³/mol. The highest BCUT2D eigenvalue weighted by Crippen LogP contribution is 2.44. The number of amides is 1. The van der Waals surface area contributed by atoms with E-state index in [4.69, 9.17) is 9.05 Å². The summed E-state index contributed by atoms with van der Waals surface area (Å²) in [5, 5.41) is 2.62. The summed E-state index contributed by atoms with van der Waals surface area (Å²) in [5.74, 6) is -0.163. The molecule has 1 atom stereocenters. The van der Waals surface area contributed by atoms with Crippen molar-refractivity contribution in [1.82, 2.24) is 5.32 Å². The molecule has 0 radical (unpaired) electrons. The summed E-state index contributed by atoms with van der Waals surface area (Å²) in [6.45, 7) is 2.01. The van der Waals surface area contributed by atoms with E-state index in [-0.39, 0.29) is 30.5 Å². The fourth-order valence-electron chi connectivity index (χ4n) is 2.32. The van der Waals surface area contributed by atoms with Gasteiger partial charge in [0.1, 0.15) is 5.75 Å². The van der Waals surface area contributed by atoms with Crippen LogP contribution in [-0.4, -0.2) is 38.6 Å². The van der Waals surface area contributed by atoms with Gasteiger partial charge in [0.25, 0.3) is 0 Å². The molecule has 1 unspecified atom stereocenters. The first-order valence-electron chi connectivity index (χ1n) is 9.13. The monoisotopic (exact) mass is 436 g/mol. The summed E-state index contributed by atoms with van der Waals surface area (Å²) in [6, 6.07) is 5.58. The Bertz CT molecular complexity index is 771. The van der Waals surface area contributed by atoms with E-state index in [1.54, 1.807) is 0 Å². The van der Waals surface area contributed by atoms with Crippen LogP contribution in [0.25, 0.3) is 0 Å². The van der Waals surface area contributed by atoms with Crippen LogP contribution in [0.15, 0.2) is 24.3 Å². The van der Waals surface area contributed by atoms with E-state index in [9.17, 15) is 22.7 Å². The van der Waals surface area contributed by atoms with Crippen LogP contribution in [0.3, 0.4) is 0 Å². The Balaban J connectivity index is 2.34. The number of anilines is 1. The van der Waals surface area contributed by atoms with E-state index in [1.807, 2.05) is 0 Å². The van der Waals surface area contributed by atoms with Crippen molar-refractivity contribution < 1.29 is 31.7 Å². The summed E-state index contributed by atoms with van der Waals surface area (Å²) < 4.78 is 46.4. The lowest BCUT2D eigenvalue weighted by molar-refractivity contribution is -0.121. The van der Waals surface area contributed by atoms with Crippen molar-refractivity contribution in [3.05, 3.63) is 24.3 Å². The molecule has 0 heterocycles. The number of phosphoric acid groups is 1. The Kier molecular flexibility index (Phi) is 10.5. The van der Waals surface area contributed by atoms with E-state index in [0.29, 0.717) is 6.42 Å². The van der Waals surface area contributed by atoms with Crippen molar-refractivity contribution in [1.29, 1.82) is 0 Å². The lowest BCUT2D eigenvalue weighted by Crippen LogP contribution is -2.26. The second kappa shape index (κ2) is 12.1. The van der Waals surface area contributed by atoms with E-state index in [2.05, 4.69) is 17.0 Å². The Hall–Kier alpha value is -1.61. The first-order valence-corrected chi connectivity index (χ1v) is 12.5. The van der Waals surface area contributed by atoms with E-state index < -0.39 is 17.8 Å². The van der Waals surface area contributed by atoms with Gasteiger partial charge in [-0.3, -0.25) is 18.9 Å². The molecule has 0 fully saturated rings. The molecule has 1 aromatic rings. The van der Waals surface area contributed by atoms with Gasteiger partial charge in [0, 0.05) is 19.0 Å². The predicted octanol–water partition coefficient (Wildman–Crippen LogP) is 3.03. The van der Waals surface area contributed by atoms with Crippen LogP contribution in [0.1, 0.15) is 45.4 Å². The lowest BCUT2D eigenvalue weighted by Gasteiger charge is -2.14. The van der Waals surface area contributed by atoms with E-state index >= 15 is 0 Å². The molecule has 0 bridgehead atoms. The second-order valence-corrected chi connectivity index (χ2v) is 9.44. The number of nitrogens with one attached hydrogen (secondary N) is 2. The maximum atomic E-state index is 12.0. The number of sulfonamides is 1. The summed E-state index contributed by atoms with van der Waals surface area (Å²) in [6.07, 6.45) is 6.63. The van der Waals surface area contributed by atoms with Gasteiger partial charge in [-0.1, -0.05) is 38.7 Å². The van der Waals surface area contributed by atoms with Gasteiger partial charge in [0.2, 0.25) is 15.9 Å². The van der Waals surface area contributed by atoms with Gasteiger partial charge < -0.3 is 9.84 Å². The minimum atomic E-state index is -4.41. The van der Waals surface area contributed by atoms with Gasteiger partial charge in [0.15, 0.2) is 0 Å². The van der Waals surface area contributed by atoms with Crippen molar-refractivity contribution in [2.24, 2.45) is 0 Å². The number of phosphoric ester groups is 1. The molecule has 0 saturated heterocycles. The zero-order valence-electron chi connectivity index (χ0n) is 16.2. The molecule has 0 aliphatic carbocycles. The molecular formula is C17H29N2O7PS. The molecule has 0 aromatic heterocycles. The molecule has 0 aliphatic rings. The molecule has 11 heteroatoms. The fraction of sp³-hybridized carbons (Fsp3) is 0.588. The minimum absolute atomic E-state index is 0.0319. The first-order chi connectivity index (χ1) is 13.1. The first kappa shape index (κ1) is 24.4. The summed E-state index contributed by atoms with van der Waals surface area (Å²) >= 11 is 0. The number of hydrogen-bond donors (Lipinski definition) is 3. The van der Waals surface area contributed by atoms with Crippen molar-refractivity contribution in [3.63, 3.8) is 0 Å². The van der Waals surface area contributed by atoms with Crippen molar-refractivity contribution in [3.8, 4) is 5.75 Å². The van der Waals surface area contributed by atoms with Gasteiger partial charge in [-0.05, 0) is 18.6 Å². The van der Waals surface area contributed by atoms with E-state index in [1.165, 1.54) is 24.3 Å². The van der Waals surface area contributed by atoms with E-state index in [0.717, 1.165) is 38.4 Å². The quantitative estimate of drug-likeness (QED) is 0.302. The van der Waals surface area contributed by atoms with Crippen LogP contribution in [0.2, 0.25) is 0 Å².